The number of hydrogen-bond donors (Lipinski definition) is 1. The van der Waals surface area contributed by atoms with Gasteiger partial charge in [0, 0.05) is 21.6 Å². The molecule has 0 saturated carbocycles. The highest BCUT2D eigenvalue weighted by atomic mass is 32.2. The summed E-state index contributed by atoms with van der Waals surface area (Å²) >= 11 is 3.55. The van der Waals surface area contributed by atoms with Crippen LogP contribution >= 0.6 is 23.1 Å². The predicted octanol–water partition coefficient (Wildman–Crippen LogP) is 3.81. The van der Waals surface area contributed by atoms with Gasteiger partial charge in [-0.2, -0.15) is 0 Å². The van der Waals surface area contributed by atoms with E-state index in [2.05, 4.69) is 22.8 Å². The summed E-state index contributed by atoms with van der Waals surface area (Å²) in [6.45, 7) is 0. The SMILES string of the molecule is CNC(CSc1ccc(F)cc1)Cc1cccs1. The largest absolute Gasteiger partial charge is 0.316 e. The minimum Gasteiger partial charge on any atom is -0.316 e. The van der Waals surface area contributed by atoms with E-state index in [0.717, 1.165) is 17.1 Å². The first-order valence-corrected chi connectivity index (χ1v) is 7.72. The Bertz CT molecular complexity index is 453. The van der Waals surface area contributed by atoms with Gasteiger partial charge in [0.15, 0.2) is 0 Å². The molecule has 1 atom stereocenters. The van der Waals surface area contributed by atoms with Crippen molar-refractivity contribution in [3.63, 3.8) is 0 Å². The van der Waals surface area contributed by atoms with Crippen molar-refractivity contribution >= 4 is 23.1 Å². The average Bonchev–Trinajstić information content (AvgIpc) is 2.89. The molecule has 0 aliphatic rings. The maximum atomic E-state index is 12.8. The Morgan fingerprint density at radius 3 is 2.67 bits per heavy atom. The fourth-order valence-corrected chi connectivity index (χ4v) is 3.44. The Morgan fingerprint density at radius 1 is 1.28 bits per heavy atom. The van der Waals surface area contributed by atoms with E-state index in [1.165, 1.54) is 17.0 Å². The van der Waals surface area contributed by atoms with E-state index in [1.54, 1.807) is 23.1 Å². The first kappa shape index (κ1) is 13.6. The Hall–Kier alpha value is -0.840. The quantitative estimate of drug-likeness (QED) is 0.808. The third kappa shape index (κ3) is 4.12. The van der Waals surface area contributed by atoms with E-state index in [9.17, 15) is 4.39 Å². The number of thiophene rings is 1. The van der Waals surface area contributed by atoms with E-state index in [0.29, 0.717) is 6.04 Å². The van der Waals surface area contributed by atoms with E-state index >= 15 is 0 Å². The molecule has 1 aromatic carbocycles. The number of hydrogen-bond acceptors (Lipinski definition) is 3. The molecular formula is C14H16FNS2. The van der Waals surface area contributed by atoms with Crippen LogP contribution in [0, 0.1) is 5.82 Å². The van der Waals surface area contributed by atoms with Gasteiger partial charge in [-0.15, -0.1) is 23.1 Å². The molecule has 0 fully saturated rings. The van der Waals surface area contributed by atoms with E-state index in [1.807, 2.05) is 19.2 Å². The molecule has 0 radical (unpaired) electrons. The molecule has 1 N–H and O–H groups in total. The van der Waals surface area contributed by atoms with Gasteiger partial charge in [-0.25, -0.2) is 4.39 Å². The smallest absolute Gasteiger partial charge is 0.123 e. The Kier molecular flexibility index (Phi) is 5.23. The summed E-state index contributed by atoms with van der Waals surface area (Å²) in [5, 5.41) is 5.44. The van der Waals surface area contributed by atoms with Crippen molar-refractivity contribution in [3.8, 4) is 0 Å². The third-order valence-corrected chi connectivity index (χ3v) is 4.77. The van der Waals surface area contributed by atoms with Gasteiger partial charge in [0.05, 0.1) is 0 Å². The molecular weight excluding hydrogens is 265 g/mol. The predicted molar refractivity (Wildman–Crippen MR) is 78.0 cm³/mol. The maximum absolute atomic E-state index is 12.8. The lowest BCUT2D eigenvalue weighted by Gasteiger charge is -2.14. The number of nitrogens with one attached hydrogen (secondary N) is 1. The maximum Gasteiger partial charge on any atom is 0.123 e. The normalized spacial score (nSPS) is 12.6. The summed E-state index contributed by atoms with van der Waals surface area (Å²) < 4.78 is 12.8. The summed E-state index contributed by atoms with van der Waals surface area (Å²) in [6, 6.07) is 11.4. The van der Waals surface area contributed by atoms with Gasteiger partial charge in [0.2, 0.25) is 0 Å². The zero-order valence-corrected chi connectivity index (χ0v) is 11.9. The van der Waals surface area contributed by atoms with Crippen LogP contribution in [0.3, 0.4) is 0 Å². The molecule has 0 aliphatic heterocycles. The Balaban J connectivity index is 1.85. The molecule has 0 saturated heterocycles. The van der Waals surface area contributed by atoms with Crippen LogP contribution in [0.5, 0.6) is 0 Å². The van der Waals surface area contributed by atoms with Crippen molar-refractivity contribution in [1.82, 2.24) is 5.32 Å². The Morgan fingerprint density at radius 2 is 2.06 bits per heavy atom. The van der Waals surface area contributed by atoms with Crippen molar-refractivity contribution in [1.29, 1.82) is 0 Å². The molecule has 0 spiro atoms. The standard InChI is InChI=1S/C14H16FNS2/c1-16-12(9-14-3-2-8-17-14)10-18-13-6-4-11(15)5-7-13/h2-8,12,16H,9-10H2,1H3. The number of likely N-dealkylation sites (N-methyl/N-ethyl adjacent to an activating group) is 1. The fraction of sp³-hybridized carbons (Fsp3) is 0.286. The second-order valence-corrected chi connectivity index (χ2v) is 6.16. The molecule has 4 heteroatoms. The van der Waals surface area contributed by atoms with Gasteiger partial charge in [0.25, 0.3) is 0 Å². The fourth-order valence-electron chi connectivity index (χ4n) is 1.64. The van der Waals surface area contributed by atoms with Crippen molar-refractivity contribution in [3.05, 3.63) is 52.5 Å². The summed E-state index contributed by atoms with van der Waals surface area (Å²) in [4.78, 5) is 2.51. The molecule has 18 heavy (non-hydrogen) atoms. The number of thioether (sulfide) groups is 1. The lowest BCUT2D eigenvalue weighted by Crippen LogP contribution is -2.29. The molecule has 0 aliphatic carbocycles. The van der Waals surface area contributed by atoms with Crippen LogP contribution < -0.4 is 5.32 Å². The highest BCUT2D eigenvalue weighted by Gasteiger charge is 2.08. The van der Waals surface area contributed by atoms with Crippen LogP contribution in [0.15, 0.2) is 46.7 Å². The minimum absolute atomic E-state index is 0.178. The second-order valence-electron chi connectivity index (χ2n) is 4.03. The van der Waals surface area contributed by atoms with Gasteiger partial charge in [0.1, 0.15) is 5.82 Å². The number of benzene rings is 1. The lowest BCUT2D eigenvalue weighted by molar-refractivity contribution is 0.621. The summed E-state index contributed by atoms with van der Waals surface area (Å²) in [6.07, 6.45) is 1.04. The van der Waals surface area contributed by atoms with Gasteiger partial charge < -0.3 is 5.32 Å². The van der Waals surface area contributed by atoms with Gasteiger partial charge in [-0.1, -0.05) is 6.07 Å². The van der Waals surface area contributed by atoms with Crippen LogP contribution in [0.1, 0.15) is 4.88 Å². The van der Waals surface area contributed by atoms with Crippen LogP contribution in [0.4, 0.5) is 4.39 Å². The molecule has 2 aromatic rings. The minimum atomic E-state index is -0.178. The van der Waals surface area contributed by atoms with Crippen LogP contribution in [-0.2, 0) is 6.42 Å². The highest BCUT2D eigenvalue weighted by Crippen LogP contribution is 2.21. The van der Waals surface area contributed by atoms with E-state index in [4.69, 9.17) is 0 Å². The van der Waals surface area contributed by atoms with Crippen LogP contribution in [0.2, 0.25) is 0 Å². The monoisotopic (exact) mass is 281 g/mol. The summed E-state index contributed by atoms with van der Waals surface area (Å²) in [7, 11) is 1.99. The summed E-state index contributed by atoms with van der Waals surface area (Å²) in [5.41, 5.74) is 0. The number of halogens is 1. The first-order valence-electron chi connectivity index (χ1n) is 5.86. The van der Waals surface area contributed by atoms with E-state index in [-0.39, 0.29) is 5.82 Å². The molecule has 1 unspecified atom stereocenters. The highest BCUT2D eigenvalue weighted by molar-refractivity contribution is 7.99. The second kappa shape index (κ2) is 6.92. The average molecular weight is 281 g/mol. The zero-order valence-electron chi connectivity index (χ0n) is 10.2. The zero-order chi connectivity index (χ0) is 12.8. The lowest BCUT2D eigenvalue weighted by atomic mass is 10.2. The Labute approximate surface area is 115 Å². The van der Waals surface area contributed by atoms with Crippen molar-refractivity contribution in [2.75, 3.05) is 12.8 Å². The molecule has 1 heterocycles. The van der Waals surface area contributed by atoms with Gasteiger partial charge >= 0.3 is 0 Å². The topological polar surface area (TPSA) is 12.0 Å². The molecule has 0 amide bonds. The van der Waals surface area contributed by atoms with Crippen LogP contribution in [0.25, 0.3) is 0 Å². The van der Waals surface area contributed by atoms with Gasteiger partial charge in [-0.3, -0.25) is 0 Å². The van der Waals surface area contributed by atoms with Crippen molar-refractivity contribution in [2.24, 2.45) is 0 Å². The van der Waals surface area contributed by atoms with Gasteiger partial charge in [-0.05, 0) is 49.2 Å². The number of rotatable bonds is 6. The molecule has 1 aromatic heterocycles. The van der Waals surface area contributed by atoms with Crippen LogP contribution in [-0.4, -0.2) is 18.8 Å². The first-order chi connectivity index (χ1) is 8.78. The molecule has 2 rings (SSSR count). The summed E-state index contributed by atoms with van der Waals surface area (Å²) in [5.74, 6) is 0.808. The van der Waals surface area contributed by atoms with Crippen molar-refractivity contribution < 1.29 is 4.39 Å². The molecule has 96 valence electrons. The van der Waals surface area contributed by atoms with Crippen molar-refractivity contribution in [2.45, 2.75) is 17.4 Å². The van der Waals surface area contributed by atoms with E-state index < -0.39 is 0 Å². The molecule has 1 nitrogen and oxygen atoms in total. The third-order valence-electron chi connectivity index (χ3n) is 2.70. The molecule has 0 bridgehead atoms.